The fourth-order valence-corrected chi connectivity index (χ4v) is 1.98. The highest BCUT2D eigenvalue weighted by Gasteiger charge is 2.31. The molecule has 0 aliphatic rings. The summed E-state index contributed by atoms with van der Waals surface area (Å²) in [6.07, 6.45) is -3.94. The Labute approximate surface area is 135 Å². The number of nitrogens with one attached hydrogen (secondary N) is 1. The van der Waals surface area contributed by atoms with E-state index < -0.39 is 29.8 Å². The molecule has 1 aromatic carbocycles. The van der Waals surface area contributed by atoms with Crippen molar-refractivity contribution < 1.29 is 22.7 Å². The molecule has 1 aromatic heterocycles. The molecule has 0 fully saturated rings. The molecule has 0 saturated carbocycles. The molecule has 1 amide bonds. The van der Waals surface area contributed by atoms with Crippen LogP contribution in [0, 0.1) is 0 Å². The van der Waals surface area contributed by atoms with Gasteiger partial charge in [-0.1, -0.05) is 12.1 Å². The lowest BCUT2D eigenvalue weighted by molar-refractivity contribution is -0.138. The average molecular weight is 340 g/mol. The summed E-state index contributed by atoms with van der Waals surface area (Å²) in [6.45, 7) is -0.296. The Morgan fingerprint density at radius 2 is 1.83 bits per heavy atom. The van der Waals surface area contributed by atoms with Crippen LogP contribution in [-0.4, -0.2) is 17.6 Å². The standard InChI is InChI=1S/C16H15F3N2O3/c1-24-13-5-2-11(3-6-13)8-20-14(22)10-21-9-12(16(17,18)19)4-7-15(21)23/h2-7,9H,8,10H2,1H3,(H,20,22). The van der Waals surface area contributed by atoms with Gasteiger partial charge in [0.25, 0.3) is 5.56 Å². The van der Waals surface area contributed by atoms with Crippen molar-refractivity contribution in [3.05, 3.63) is 64.1 Å². The van der Waals surface area contributed by atoms with Crippen LogP contribution in [0.4, 0.5) is 13.2 Å². The molecule has 0 atom stereocenters. The Hall–Kier alpha value is -2.77. The number of rotatable bonds is 5. The minimum absolute atomic E-state index is 0.191. The Balaban J connectivity index is 2.00. The molecule has 5 nitrogen and oxygen atoms in total. The molecule has 0 unspecified atom stereocenters. The van der Waals surface area contributed by atoms with Gasteiger partial charge in [-0.05, 0) is 23.8 Å². The van der Waals surface area contributed by atoms with Gasteiger partial charge in [-0.3, -0.25) is 9.59 Å². The average Bonchev–Trinajstić information content (AvgIpc) is 2.54. The first-order valence-electron chi connectivity index (χ1n) is 6.97. The van der Waals surface area contributed by atoms with E-state index in [1.807, 2.05) is 0 Å². The summed E-state index contributed by atoms with van der Waals surface area (Å²) in [6, 6.07) is 8.41. The molecule has 1 N–H and O–H groups in total. The van der Waals surface area contributed by atoms with E-state index in [9.17, 15) is 22.8 Å². The third-order valence-corrected chi connectivity index (χ3v) is 3.27. The SMILES string of the molecule is COc1ccc(CNC(=O)Cn2cc(C(F)(F)F)ccc2=O)cc1. The second-order valence-corrected chi connectivity index (χ2v) is 5.01. The van der Waals surface area contributed by atoms with Crippen LogP contribution in [0.2, 0.25) is 0 Å². The van der Waals surface area contributed by atoms with E-state index in [-0.39, 0.29) is 6.54 Å². The number of alkyl halides is 3. The van der Waals surface area contributed by atoms with E-state index in [4.69, 9.17) is 4.74 Å². The molecule has 0 bridgehead atoms. The Morgan fingerprint density at radius 3 is 2.42 bits per heavy atom. The first-order chi connectivity index (χ1) is 11.3. The second kappa shape index (κ2) is 7.20. The third-order valence-electron chi connectivity index (χ3n) is 3.27. The highest BCUT2D eigenvalue weighted by atomic mass is 19.4. The van der Waals surface area contributed by atoms with Crippen molar-refractivity contribution in [1.29, 1.82) is 0 Å². The van der Waals surface area contributed by atoms with E-state index >= 15 is 0 Å². The highest BCUT2D eigenvalue weighted by Crippen LogP contribution is 2.27. The number of methoxy groups -OCH3 is 1. The van der Waals surface area contributed by atoms with Crippen molar-refractivity contribution >= 4 is 5.91 Å². The zero-order valence-electron chi connectivity index (χ0n) is 12.8. The van der Waals surface area contributed by atoms with Crippen molar-refractivity contribution in [3.8, 4) is 5.75 Å². The normalized spacial score (nSPS) is 11.2. The molecule has 0 radical (unpaired) electrons. The Kier molecular flexibility index (Phi) is 5.28. The monoisotopic (exact) mass is 340 g/mol. The predicted molar refractivity (Wildman–Crippen MR) is 80.5 cm³/mol. The predicted octanol–water partition coefficient (Wildman–Crippen LogP) is 2.19. The third kappa shape index (κ3) is 4.61. The molecular weight excluding hydrogens is 325 g/mol. The first kappa shape index (κ1) is 17.6. The number of carbonyl (C=O) groups is 1. The molecule has 0 spiro atoms. The van der Waals surface area contributed by atoms with Gasteiger partial charge < -0.3 is 14.6 Å². The fourth-order valence-electron chi connectivity index (χ4n) is 1.98. The van der Waals surface area contributed by atoms with Gasteiger partial charge in [0.1, 0.15) is 12.3 Å². The molecule has 128 valence electrons. The van der Waals surface area contributed by atoms with Gasteiger partial charge in [0, 0.05) is 18.8 Å². The number of amides is 1. The molecular formula is C16H15F3N2O3. The van der Waals surface area contributed by atoms with Crippen LogP contribution < -0.4 is 15.6 Å². The minimum atomic E-state index is -4.57. The molecule has 24 heavy (non-hydrogen) atoms. The number of benzene rings is 1. The van der Waals surface area contributed by atoms with Crippen LogP contribution in [0.15, 0.2) is 47.4 Å². The van der Waals surface area contributed by atoms with Crippen LogP contribution in [0.5, 0.6) is 5.75 Å². The largest absolute Gasteiger partial charge is 0.497 e. The molecule has 0 saturated heterocycles. The zero-order valence-corrected chi connectivity index (χ0v) is 12.8. The molecule has 2 rings (SSSR count). The molecule has 8 heteroatoms. The summed E-state index contributed by atoms with van der Waals surface area (Å²) in [5.74, 6) is 0.104. The van der Waals surface area contributed by atoms with Crippen LogP contribution >= 0.6 is 0 Å². The zero-order chi connectivity index (χ0) is 17.7. The van der Waals surface area contributed by atoms with E-state index in [0.29, 0.717) is 18.0 Å². The number of carbonyl (C=O) groups excluding carboxylic acids is 1. The summed E-state index contributed by atoms with van der Waals surface area (Å²) in [5.41, 5.74) is -0.867. The van der Waals surface area contributed by atoms with Crippen LogP contribution in [0.1, 0.15) is 11.1 Å². The topological polar surface area (TPSA) is 60.3 Å². The fraction of sp³-hybridized carbons (Fsp3) is 0.250. The van der Waals surface area contributed by atoms with Gasteiger partial charge in [-0.2, -0.15) is 13.2 Å². The van der Waals surface area contributed by atoms with Gasteiger partial charge in [0.2, 0.25) is 5.91 Å². The summed E-state index contributed by atoms with van der Waals surface area (Å²) in [5, 5.41) is 2.55. The van der Waals surface area contributed by atoms with Crippen molar-refractivity contribution in [2.45, 2.75) is 19.3 Å². The van der Waals surface area contributed by atoms with E-state index in [1.165, 1.54) is 7.11 Å². The number of ether oxygens (including phenoxy) is 1. The van der Waals surface area contributed by atoms with Gasteiger partial charge in [0.05, 0.1) is 12.7 Å². The lowest BCUT2D eigenvalue weighted by Gasteiger charge is -2.11. The first-order valence-corrected chi connectivity index (χ1v) is 6.97. The summed E-state index contributed by atoms with van der Waals surface area (Å²) in [4.78, 5) is 23.4. The van der Waals surface area contributed by atoms with E-state index in [1.54, 1.807) is 24.3 Å². The lowest BCUT2D eigenvalue weighted by atomic mass is 10.2. The quantitative estimate of drug-likeness (QED) is 0.908. The van der Waals surface area contributed by atoms with Gasteiger partial charge >= 0.3 is 6.18 Å². The number of hydrogen-bond acceptors (Lipinski definition) is 3. The summed E-state index contributed by atoms with van der Waals surface area (Å²) in [7, 11) is 1.53. The van der Waals surface area contributed by atoms with Crippen molar-refractivity contribution in [1.82, 2.24) is 9.88 Å². The number of halogens is 3. The van der Waals surface area contributed by atoms with Crippen molar-refractivity contribution in [2.75, 3.05) is 7.11 Å². The Bertz CT molecular complexity index is 767. The highest BCUT2D eigenvalue weighted by molar-refractivity contribution is 5.75. The molecule has 1 heterocycles. The number of pyridine rings is 1. The van der Waals surface area contributed by atoms with Gasteiger partial charge in [0.15, 0.2) is 0 Å². The van der Waals surface area contributed by atoms with Crippen LogP contribution in [0.25, 0.3) is 0 Å². The van der Waals surface area contributed by atoms with Crippen LogP contribution in [-0.2, 0) is 24.1 Å². The Morgan fingerprint density at radius 1 is 1.17 bits per heavy atom. The maximum absolute atomic E-state index is 12.6. The number of nitrogens with zero attached hydrogens (tertiary/aromatic N) is 1. The maximum Gasteiger partial charge on any atom is 0.417 e. The summed E-state index contributed by atoms with van der Waals surface area (Å²) >= 11 is 0. The van der Waals surface area contributed by atoms with Gasteiger partial charge in [-0.25, -0.2) is 0 Å². The molecule has 0 aliphatic heterocycles. The lowest BCUT2D eigenvalue weighted by Crippen LogP contribution is -2.32. The van der Waals surface area contributed by atoms with E-state index in [0.717, 1.165) is 16.2 Å². The van der Waals surface area contributed by atoms with Gasteiger partial charge in [-0.15, -0.1) is 0 Å². The number of hydrogen-bond donors (Lipinski definition) is 1. The smallest absolute Gasteiger partial charge is 0.417 e. The minimum Gasteiger partial charge on any atom is -0.497 e. The molecule has 2 aromatic rings. The van der Waals surface area contributed by atoms with Crippen LogP contribution in [0.3, 0.4) is 0 Å². The number of aromatic nitrogens is 1. The molecule has 0 aliphatic carbocycles. The second-order valence-electron chi connectivity index (χ2n) is 5.01. The van der Waals surface area contributed by atoms with Crippen molar-refractivity contribution in [2.24, 2.45) is 0 Å². The van der Waals surface area contributed by atoms with E-state index in [2.05, 4.69) is 5.32 Å². The van der Waals surface area contributed by atoms with Crippen molar-refractivity contribution in [3.63, 3.8) is 0 Å². The maximum atomic E-state index is 12.6. The summed E-state index contributed by atoms with van der Waals surface area (Å²) < 4.78 is 43.7.